The minimum absolute atomic E-state index is 0.548. The molecule has 0 aromatic heterocycles. The van der Waals surface area contributed by atoms with E-state index in [0.29, 0.717) is 5.41 Å². The van der Waals surface area contributed by atoms with Crippen LogP contribution in [0, 0.1) is 5.41 Å². The van der Waals surface area contributed by atoms with Crippen LogP contribution >= 0.6 is 0 Å². The molecule has 3 heteroatoms. The molecule has 1 fully saturated rings. The highest BCUT2D eigenvalue weighted by Gasteiger charge is 2.36. The van der Waals surface area contributed by atoms with E-state index in [-0.39, 0.29) is 0 Å². The van der Waals surface area contributed by atoms with Gasteiger partial charge in [-0.05, 0) is 18.3 Å². The molecular weight excluding hydrogens is 138 g/mol. The Bertz CT molecular complexity index is 159. The molecule has 11 heavy (non-hydrogen) atoms. The van der Waals surface area contributed by atoms with Gasteiger partial charge in [0.2, 0.25) is 0 Å². The maximum atomic E-state index is 4.03. The Morgan fingerprint density at radius 2 is 2.18 bits per heavy atom. The second-order valence-electron chi connectivity index (χ2n) is 3.49. The van der Waals surface area contributed by atoms with Crippen molar-refractivity contribution in [3.05, 3.63) is 0 Å². The number of guanidine groups is 1. The highest BCUT2D eigenvalue weighted by atomic mass is 15.2. The van der Waals surface area contributed by atoms with E-state index in [0.717, 1.165) is 12.5 Å². The van der Waals surface area contributed by atoms with Gasteiger partial charge in [0, 0.05) is 20.6 Å². The number of hydrogen-bond donors (Lipinski definition) is 2. The molecular formula is C8H17N3. The van der Waals surface area contributed by atoms with Crippen LogP contribution in [0.2, 0.25) is 0 Å². The lowest BCUT2D eigenvalue weighted by Gasteiger charge is -2.12. The summed E-state index contributed by atoms with van der Waals surface area (Å²) in [5, 5.41) is 6.25. The minimum atomic E-state index is 0.548. The molecule has 0 atom stereocenters. The average Bonchev–Trinajstić information content (AvgIpc) is 2.71. The maximum absolute atomic E-state index is 4.03. The second kappa shape index (κ2) is 3.11. The van der Waals surface area contributed by atoms with Gasteiger partial charge in [-0.3, -0.25) is 4.99 Å². The predicted octanol–water partition coefficient (Wildman–Crippen LogP) is 0.581. The van der Waals surface area contributed by atoms with Crippen LogP contribution in [0.15, 0.2) is 4.99 Å². The summed E-state index contributed by atoms with van der Waals surface area (Å²) in [6.07, 6.45) is 2.70. The summed E-state index contributed by atoms with van der Waals surface area (Å²) in [6, 6.07) is 0. The van der Waals surface area contributed by atoms with Crippen LogP contribution in [0.3, 0.4) is 0 Å². The lowest BCUT2D eigenvalue weighted by atomic mass is 10.1. The van der Waals surface area contributed by atoms with Crippen LogP contribution in [0.5, 0.6) is 0 Å². The quantitative estimate of drug-likeness (QED) is 0.452. The van der Waals surface area contributed by atoms with Crippen molar-refractivity contribution in [3.63, 3.8) is 0 Å². The molecule has 1 aliphatic carbocycles. The van der Waals surface area contributed by atoms with Crippen molar-refractivity contribution in [1.82, 2.24) is 10.6 Å². The molecule has 0 aromatic carbocycles. The summed E-state index contributed by atoms with van der Waals surface area (Å²) in [5.74, 6) is 0.887. The van der Waals surface area contributed by atoms with Gasteiger partial charge in [-0.15, -0.1) is 0 Å². The first-order valence-electron chi connectivity index (χ1n) is 4.09. The van der Waals surface area contributed by atoms with Gasteiger partial charge in [-0.25, -0.2) is 0 Å². The largest absolute Gasteiger partial charge is 0.359 e. The van der Waals surface area contributed by atoms with Crippen LogP contribution < -0.4 is 10.6 Å². The van der Waals surface area contributed by atoms with Gasteiger partial charge in [0.15, 0.2) is 5.96 Å². The van der Waals surface area contributed by atoms with E-state index in [1.54, 1.807) is 7.05 Å². The zero-order valence-corrected chi connectivity index (χ0v) is 7.57. The third kappa shape index (κ3) is 2.41. The molecule has 2 N–H and O–H groups in total. The first-order valence-corrected chi connectivity index (χ1v) is 4.09. The van der Waals surface area contributed by atoms with E-state index in [1.165, 1.54) is 12.8 Å². The predicted molar refractivity (Wildman–Crippen MR) is 47.8 cm³/mol. The van der Waals surface area contributed by atoms with E-state index >= 15 is 0 Å². The molecule has 0 heterocycles. The van der Waals surface area contributed by atoms with Gasteiger partial charge >= 0.3 is 0 Å². The standard InChI is InChI=1S/C8H17N3/c1-8(4-5-8)6-11-7(9-2)10-3/h4-6H2,1-3H3,(H2,9,10,11). The zero-order valence-electron chi connectivity index (χ0n) is 7.57. The molecule has 1 saturated carbocycles. The van der Waals surface area contributed by atoms with Crippen molar-refractivity contribution in [2.75, 3.05) is 20.6 Å². The first kappa shape index (κ1) is 8.37. The van der Waals surface area contributed by atoms with Crippen molar-refractivity contribution < 1.29 is 0 Å². The van der Waals surface area contributed by atoms with E-state index in [2.05, 4.69) is 22.5 Å². The molecule has 0 unspecified atom stereocenters. The molecule has 64 valence electrons. The van der Waals surface area contributed by atoms with E-state index < -0.39 is 0 Å². The van der Waals surface area contributed by atoms with Gasteiger partial charge in [0.1, 0.15) is 0 Å². The van der Waals surface area contributed by atoms with Crippen LogP contribution in [-0.4, -0.2) is 26.6 Å². The average molecular weight is 155 g/mol. The van der Waals surface area contributed by atoms with Gasteiger partial charge in [-0.1, -0.05) is 6.92 Å². The third-order valence-corrected chi connectivity index (χ3v) is 2.25. The van der Waals surface area contributed by atoms with Crippen molar-refractivity contribution in [2.45, 2.75) is 19.8 Å². The maximum Gasteiger partial charge on any atom is 0.190 e. The number of aliphatic imine (C=N–C) groups is 1. The lowest BCUT2D eigenvalue weighted by Crippen LogP contribution is -2.37. The molecule has 0 saturated heterocycles. The van der Waals surface area contributed by atoms with Gasteiger partial charge < -0.3 is 10.6 Å². The molecule has 0 spiro atoms. The topological polar surface area (TPSA) is 36.4 Å². The number of rotatable bonds is 2. The number of hydrogen-bond acceptors (Lipinski definition) is 1. The highest BCUT2D eigenvalue weighted by molar-refractivity contribution is 5.79. The molecule has 3 nitrogen and oxygen atoms in total. The van der Waals surface area contributed by atoms with Gasteiger partial charge in [0.05, 0.1) is 0 Å². The zero-order chi connectivity index (χ0) is 8.32. The number of nitrogens with zero attached hydrogens (tertiary/aromatic N) is 1. The molecule has 1 aliphatic rings. The van der Waals surface area contributed by atoms with Crippen LogP contribution in [-0.2, 0) is 0 Å². The normalized spacial score (nSPS) is 21.2. The van der Waals surface area contributed by atoms with Crippen molar-refractivity contribution in [1.29, 1.82) is 0 Å². The second-order valence-corrected chi connectivity index (χ2v) is 3.49. The lowest BCUT2D eigenvalue weighted by molar-refractivity contribution is 0.551. The summed E-state index contributed by atoms with van der Waals surface area (Å²) in [4.78, 5) is 4.03. The van der Waals surface area contributed by atoms with Crippen molar-refractivity contribution in [2.24, 2.45) is 10.4 Å². The summed E-state index contributed by atoms with van der Waals surface area (Å²) in [7, 11) is 3.67. The monoisotopic (exact) mass is 155 g/mol. The van der Waals surface area contributed by atoms with Crippen LogP contribution in [0.4, 0.5) is 0 Å². The minimum Gasteiger partial charge on any atom is -0.359 e. The Kier molecular flexibility index (Phi) is 2.37. The molecule has 0 amide bonds. The summed E-state index contributed by atoms with van der Waals surface area (Å²) in [5.41, 5.74) is 0.548. The van der Waals surface area contributed by atoms with Crippen LogP contribution in [0.1, 0.15) is 19.8 Å². The Morgan fingerprint density at radius 3 is 2.55 bits per heavy atom. The summed E-state index contributed by atoms with van der Waals surface area (Å²) in [6.45, 7) is 3.34. The van der Waals surface area contributed by atoms with E-state index in [9.17, 15) is 0 Å². The fourth-order valence-electron chi connectivity index (χ4n) is 0.967. The Morgan fingerprint density at radius 1 is 1.55 bits per heavy atom. The molecule has 0 bridgehead atoms. The van der Waals surface area contributed by atoms with Gasteiger partial charge in [-0.2, -0.15) is 0 Å². The SMILES string of the molecule is CN=C(NC)NCC1(C)CC1. The van der Waals surface area contributed by atoms with Gasteiger partial charge in [0.25, 0.3) is 0 Å². The summed E-state index contributed by atoms with van der Waals surface area (Å²) < 4.78 is 0. The highest BCUT2D eigenvalue weighted by Crippen LogP contribution is 2.43. The Balaban J connectivity index is 2.20. The smallest absolute Gasteiger partial charge is 0.190 e. The fourth-order valence-corrected chi connectivity index (χ4v) is 0.967. The van der Waals surface area contributed by atoms with E-state index in [1.807, 2.05) is 7.05 Å². The Labute approximate surface area is 68.3 Å². The molecule has 0 aromatic rings. The fraction of sp³-hybridized carbons (Fsp3) is 0.875. The third-order valence-electron chi connectivity index (χ3n) is 2.25. The molecule has 1 rings (SSSR count). The summed E-state index contributed by atoms with van der Waals surface area (Å²) >= 11 is 0. The van der Waals surface area contributed by atoms with E-state index in [4.69, 9.17) is 0 Å². The Hall–Kier alpha value is -0.730. The molecule has 0 radical (unpaired) electrons. The van der Waals surface area contributed by atoms with Crippen molar-refractivity contribution in [3.8, 4) is 0 Å². The van der Waals surface area contributed by atoms with Crippen LogP contribution in [0.25, 0.3) is 0 Å². The van der Waals surface area contributed by atoms with Crippen molar-refractivity contribution >= 4 is 5.96 Å². The first-order chi connectivity index (χ1) is 5.20. The number of nitrogens with one attached hydrogen (secondary N) is 2. The molecule has 0 aliphatic heterocycles.